The van der Waals surface area contributed by atoms with Crippen LogP contribution in [0.25, 0.3) is 0 Å². The molecule has 0 spiro atoms. The highest BCUT2D eigenvalue weighted by atomic mass is 16.3. The van der Waals surface area contributed by atoms with Crippen molar-refractivity contribution in [3.05, 3.63) is 29.8 Å². The summed E-state index contributed by atoms with van der Waals surface area (Å²) in [6, 6.07) is 6.98. The molecule has 0 aliphatic carbocycles. The number of amides is 1. The van der Waals surface area contributed by atoms with E-state index < -0.39 is 6.04 Å². The molecule has 1 rings (SSSR count). The van der Waals surface area contributed by atoms with Crippen molar-refractivity contribution in [1.29, 1.82) is 0 Å². The molecule has 22 heavy (non-hydrogen) atoms. The molecular formula is C18H30N2O2. The van der Waals surface area contributed by atoms with Crippen molar-refractivity contribution in [2.24, 2.45) is 5.73 Å². The average Bonchev–Trinajstić information content (AvgIpc) is 2.54. The van der Waals surface area contributed by atoms with Crippen molar-refractivity contribution in [2.75, 3.05) is 11.9 Å². The molecular weight excluding hydrogens is 276 g/mol. The molecule has 4 N–H and O–H groups in total. The standard InChI is InChI=1S/C18H30N2O2/c1-2-3-4-5-6-7-8-9-15-10-12-16(13-11-15)20-18(22)17(19)14-21/h10-13,17,21H,2-9,14,19H2,1H3,(H,20,22). The number of aliphatic hydroxyl groups is 1. The van der Waals surface area contributed by atoms with Gasteiger partial charge in [-0.25, -0.2) is 0 Å². The van der Waals surface area contributed by atoms with Gasteiger partial charge in [0, 0.05) is 5.69 Å². The Morgan fingerprint density at radius 1 is 1.09 bits per heavy atom. The minimum Gasteiger partial charge on any atom is -0.394 e. The van der Waals surface area contributed by atoms with E-state index in [0.717, 1.165) is 12.1 Å². The second-order valence-corrected chi connectivity index (χ2v) is 5.85. The second-order valence-electron chi connectivity index (χ2n) is 5.85. The number of carbonyl (C=O) groups excluding carboxylic acids is 1. The Balaban J connectivity index is 2.23. The highest BCUT2D eigenvalue weighted by molar-refractivity contribution is 5.94. The molecule has 1 atom stereocenters. The van der Waals surface area contributed by atoms with E-state index in [0.29, 0.717) is 0 Å². The smallest absolute Gasteiger partial charge is 0.243 e. The Labute approximate surface area is 134 Å². The van der Waals surface area contributed by atoms with Crippen LogP contribution in [0.3, 0.4) is 0 Å². The Hall–Kier alpha value is -1.39. The number of nitrogens with two attached hydrogens (primary N) is 1. The molecule has 0 saturated heterocycles. The maximum Gasteiger partial charge on any atom is 0.243 e. The highest BCUT2D eigenvalue weighted by Crippen LogP contribution is 2.14. The monoisotopic (exact) mass is 306 g/mol. The van der Waals surface area contributed by atoms with Crippen molar-refractivity contribution in [3.8, 4) is 0 Å². The highest BCUT2D eigenvalue weighted by Gasteiger charge is 2.11. The number of anilines is 1. The van der Waals surface area contributed by atoms with Gasteiger partial charge in [-0.2, -0.15) is 0 Å². The van der Waals surface area contributed by atoms with E-state index in [9.17, 15) is 4.79 Å². The lowest BCUT2D eigenvalue weighted by Gasteiger charge is -2.10. The number of hydrogen-bond donors (Lipinski definition) is 3. The first-order chi connectivity index (χ1) is 10.7. The first kappa shape index (κ1) is 18.7. The van der Waals surface area contributed by atoms with Crippen molar-refractivity contribution in [1.82, 2.24) is 0 Å². The van der Waals surface area contributed by atoms with Gasteiger partial charge in [0.15, 0.2) is 0 Å². The van der Waals surface area contributed by atoms with Crippen LogP contribution in [0.4, 0.5) is 5.69 Å². The number of aliphatic hydroxyl groups excluding tert-OH is 1. The van der Waals surface area contributed by atoms with Crippen LogP contribution in [0.15, 0.2) is 24.3 Å². The van der Waals surface area contributed by atoms with Crippen LogP contribution >= 0.6 is 0 Å². The Morgan fingerprint density at radius 3 is 2.27 bits per heavy atom. The summed E-state index contributed by atoms with van der Waals surface area (Å²) in [5.41, 5.74) is 7.47. The Bertz CT molecular complexity index is 418. The molecule has 0 heterocycles. The molecule has 0 saturated carbocycles. The van der Waals surface area contributed by atoms with Gasteiger partial charge in [0.05, 0.1) is 6.61 Å². The molecule has 0 aliphatic rings. The van der Waals surface area contributed by atoms with Crippen LogP contribution in [-0.2, 0) is 11.2 Å². The lowest BCUT2D eigenvalue weighted by Crippen LogP contribution is -2.38. The van der Waals surface area contributed by atoms with Crippen LogP contribution in [0.2, 0.25) is 0 Å². The van der Waals surface area contributed by atoms with E-state index in [1.165, 1.54) is 50.5 Å². The van der Waals surface area contributed by atoms with Crippen LogP contribution in [0, 0.1) is 0 Å². The molecule has 1 amide bonds. The van der Waals surface area contributed by atoms with Crippen LogP contribution in [0.5, 0.6) is 0 Å². The maximum atomic E-state index is 11.6. The Morgan fingerprint density at radius 2 is 1.68 bits per heavy atom. The summed E-state index contributed by atoms with van der Waals surface area (Å²) >= 11 is 0. The summed E-state index contributed by atoms with van der Waals surface area (Å²) in [7, 11) is 0. The first-order valence-corrected chi connectivity index (χ1v) is 8.43. The van der Waals surface area contributed by atoms with Gasteiger partial charge in [-0.1, -0.05) is 57.6 Å². The third kappa shape index (κ3) is 7.57. The van der Waals surface area contributed by atoms with Crippen LogP contribution in [0.1, 0.15) is 57.4 Å². The summed E-state index contributed by atoms with van der Waals surface area (Å²) in [5.74, 6) is -0.359. The predicted molar refractivity (Wildman–Crippen MR) is 91.8 cm³/mol. The second kappa shape index (κ2) is 11.2. The topological polar surface area (TPSA) is 75.4 Å². The van der Waals surface area contributed by atoms with E-state index in [-0.39, 0.29) is 12.5 Å². The molecule has 124 valence electrons. The molecule has 0 aliphatic heterocycles. The van der Waals surface area contributed by atoms with Gasteiger partial charge in [-0.3, -0.25) is 4.79 Å². The summed E-state index contributed by atoms with van der Waals surface area (Å²) in [4.78, 5) is 11.6. The number of hydrogen-bond acceptors (Lipinski definition) is 3. The Kier molecular flexibility index (Phi) is 9.51. The van der Waals surface area contributed by atoms with Crippen molar-refractivity contribution >= 4 is 11.6 Å². The van der Waals surface area contributed by atoms with E-state index in [4.69, 9.17) is 10.8 Å². The zero-order chi connectivity index (χ0) is 16.2. The third-order valence-corrected chi connectivity index (χ3v) is 3.82. The zero-order valence-electron chi connectivity index (χ0n) is 13.7. The van der Waals surface area contributed by atoms with E-state index >= 15 is 0 Å². The SMILES string of the molecule is CCCCCCCCCc1ccc(NC(=O)C(N)CO)cc1. The summed E-state index contributed by atoms with van der Waals surface area (Å²) in [6.45, 7) is 1.89. The van der Waals surface area contributed by atoms with E-state index in [1.54, 1.807) is 0 Å². The first-order valence-electron chi connectivity index (χ1n) is 8.43. The predicted octanol–water partition coefficient (Wildman–Crippen LogP) is 3.24. The van der Waals surface area contributed by atoms with Gasteiger partial charge in [-0.15, -0.1) is 0 Å². The number of benzene rings is 1. The van der Waals surface area contributed by atoms with Gasteiger partial charge < -0.3 is 16.2 Å². The number of nitrogens with one attached hydrogen (secondary N) is 1. The van der Waals surface area contributed by atoms with Gasteiger partial charge in [-0.05, 0) is 30.5 Å². The maximum absolute atomic E-state index is 11.6. The number of carbonyl (C=O) groups is 1. The molecule has 1 aromatic rings. The summed E-state index contributed by atoms with van der Waals surface area (Å²) < 4.78 is 0. The van der Waals surface area contributed by atoms with Crippen LogP contribution in [-0.4, -0.2) is 23.7 Å². The van der Waals surface area contributed by atoms with Crippen LogP contribution < -0.4 is 11.1 Å². The molecule has 4 heteroatoms. The molecule has 4 nitrogen and oxygen atoms in total. The number of unbranched alkanes of at least 4 members (excludes halogenated alkanes) is 6. The molecule has 0 bridgehead atoms. The molecule has 0 aromatic heterocycles. The molecule has 1 aromatic carbocycles. The van der Waals surface area contributed by atoms with Crippen molar-refractivity contribution in [2.45, 2.75) is 64.3 Å². The van der Waals surface area contributed by atoms with Gasteiger partial charge in [0.25, 0.3) is 0 Å². The van der Waals surface area contributed by atoms with Crippen molar-refractivity contribution in [3.63, 3.8) is 0 Å². The van der Waals surface area contributed by atoms with Gasteiger partial charge in [0.2, 0.25) is 5.91 Å². The summed E-state index contributed by atoms with van der Waals surface area (Å²) in [6.07, 6.45) is 10.3. The fraction of sp³-hybridized carbons (Fsp3) is 0.611. The molecule has 0 fully saturated rings. The van der Waals surface area contributed by atoms with E-state index in [1.807, 2.05) is 24.3 Å². The minimum atomic E-state index is -0.868. The number of rotatable bonds is 11. The fourth-order valence-corrected chi connectivity index (χ4v) is 2.36. The third-order valence-electron chi connectivity index (χ3n) is 3.82. The largest absolute Gasteiger partial charge is 0.394 e. The van der Waals surface area contributed by atoms with E-state index in [2.05, 4.69) is 12.2 Å². The quantitative estimate of drug-likeness (QED) is 0.549. The normalized spacial score (nSPS) is 12.1. The van der Waals surface area contributed by atoms with Gasteiger partial charge in [0.1, 0.15) is 6.04 Å². The number of aryl methyl sites for hydroxylation is 1. The molecule has 1 unspecified atom stereocenters. The summed E-state index contributed by atoms with van der Waals surface area (Å²) in [5, 5.41) is 11.5. The molecule has 0 radical (unpaired) electrons. The van der Waals surface area contributed by atoms with Gasteiger partial charge >= 0.3 is 0 Å². The fourth-order valence-electron chi connectivity index (χ4n) is 2.36. The van der Waals surface area contributed by atoms with Crippen molar-refractivity contribution < 1.29 is 9.90 Å². The lowest BCUT2D eigenvalue weighted by molar-refractivity contribution is -0.118. The lowest BCUT2D eigenvalue weighted by atomic mass is 10.0. The minimum absolute atomic E-state index is 0.345. The zero-order valence-corrected chi connectivity index (χ0v) is 13.7. The average molecular weight is 306 g/mol.